The summed E-state index contributed by atoms with van der Waals surface area (Å²) in [6.45, 7) is 0.493. The predicted molar refractivity (Wildman–Crippen MR) is 36.8 cm³/mol. The molecule has 0 aliphatic carbocycles. The van der Waals surface area contributed by atoms with Crippen molar-refractivity contribution in [3.63, 3.8) is 0 Å². The molecule has 0 aromatic carbocycles. The minimum atomic E-state index is 0.381. The molecule has 0 fully saturated rings. The van der Waals surface area contributed by atoms with Crippen LogP contribution in [0.4, 0.5) is 0 Å². The molecule has 0 atom stereocenters. The highest BCUT2D eigenvalue weighted by Crippen LogP contribution is 1.82. The number of hydrogen-bond donors (Lipinski definition) is 0. The molecule has 0 heterocycles. The van der Waals surface area contributed by atoms with E-state index in [-0.39, 0.29) is 0 Å². The molecule has 0 N–H and O–H groups in total. The molecule has 0 radical (unpaired) electrons. The molecule has 0 aromatic rings. The van der Waals surface area contributed by atoms with Crippen LogP contribution in [0.1, 0.15) is 0 Å². The number of nitrogens with zero attached hydrogens (tertiary/aromatic N) is 2. The molecule has 48 valence electrons. The Morgan fingerprint density at radius 2 is 2.50 bits per heavy atom. The van der Waals surface area contributed by atoms with Crippen molar-refractivity contribution in [1.82, 2.24) is 0 Å². The smallest absolute Gasteiger partial charge is 0.199 e. The Morgan fingerprint density at radius 3 is 2.88 bits per heavy atom. The molecule has 5 heteroatoms. The first-order chi connectivity index (χ1) is 3.77. The molecule has 0 aliphatic heterocycles. The summed E-state index contributed by atoms with van der Waals surface area (Å²) in [5.41, 5.74) is 0. The van der Waals surface area contributed by atoms with Crippen LogP contribution >= 0.6 is 22.6 Å². The molecule has 0 aliphatic rings. The number of halogens is 1. The van der Waals surface area contributed by atoms with Gasteiger partial charge in [0, 0.05) is 4.43 Å². The van der Waals surface area contributed by atoms with Crippen LogP contribution in [0.2, 0.25) is 0 Å². The molecule has 0 aromatic heterocycles. The number of alkyl halides is 1. The highest BCUT2D eigenvalue weighted by atomic mass is 127. The van der Waals surface area contributed by atoms with Gasteiger partial charge in [-0.05, 0) is 0 Å². The summed E-state index contributed by atoms with van der Waals surface area (Å²) >= 11 is 2.13. The summed E-state index contributed by atoms with van der Waals surface area (Å²) in [4.78, 5) is 4.86. The Balaban J connectivity index is 3.03. The van der Waals surface area contributed by atoms with Crippen LogP contribution in [0.5, 0.6) is 0 Å². The fraction of sp³-hybridized carbons (Fsp3) is 1.00. The number of rotatable bonds is 3. The normalized spacial score (nSPS) is 11.5. The van der Waals surface area contributed by atoms with Crippen LogP contribution in [0.3, 0.4) is 0 Å². The van der Waals surface area contributed by atoms with Crippen molar-refractivity contribution >= 4 is 22.6 Å². The lowest BCUT2D eigenvalue weighted by molar-refractivity contribution is -0.530. The first kappa shape index (κ1) is 7.93. The lowest BCUT2D eigenvalue weighted by atomic mass is 10.9. The van der Waals surface area contributed by atoms with Crippen LogP contribution in [0.15, 0.2) is 5.28 Å². The third-order valence-electron chi connectivity index (χ3n) is 0.341. The maximum absolute atomic E-state index is 9.94. The Bertz CT molecular complexity index is 81.4. The van der Waals surface area contributed by atoms with Crippen molar-refractivity contribution < 1.29 is 9.70 Å². The summed E-state index contributed by atoms with van der Waals surface area (Å²) in [6.07, 6.45) is 0. The monoisotopic (exact) mass is 230 g/mol. The van der Waals surface area contributed by atoms with Gasteiger partial charge in [0.15, 0.2) is 12.3 Å². The van der Waals surface area contributed by atoms with E-state index >= 15 is 0 Å². The fourth-order valence-corrected chi connectivity index (χ4v) is 0.354. The SMILES string of the molecule is C/[N+]([O-])=N\OCCI. The zero-order chi connectivity index (χ0) is 6.41. The number of hydroxylamine groups is 1. The topological polar surface area (TPSA) is 47.7 Å². The first-order valence-corrected chi connectivity index (χ1v) is 3.59. The van der Waals surface area contributed by atoms with E-state index in [0.29, 0.717) is 11.5 Å². The van der Waals surface area contributed by atoms with Gasteiger partial charge in [-0.1, -0.05) is 27.5 Å². The second-order valence-electron chi connectivity index (χ2n) is 1.07. The van der Waals surface area contributed by atoms with Gasteiger partial charge in [-0.15, -0.1) is 0 Å². The molecular weight excluding hydrogens is 223 g/mol. The standard InChI is InChI=1S/C3H7IN2O2/c1-6(7)5-8-3-2-4/h2-3H2,1H3/b6-5+. The minimum absolute atomic E-state index is 0.381. The van der Waals surface area contributed by atoms with Crippen molar-refractivity contribution in [2.45, 2.75) is 0 Å². The minimum Gasteiger partial charge on any atom is -0.598 e. The third-order valence-corrected chi connectivity index (χ3v) is 0.782. The van der Waals surface area contributed by atoms with E-state index in [9.17, 15) is 5.21 Å². The highest BCUT2D eigenvalue weighted by Gasteiger charge is 1.81. The maximum Gasteiger partial charge on any atom is 0.199 e. The van der Waals surface area contributed by atoms with Gasteiger partial charge in [0.2, 0.25) is 0 Å². The van der Waals surface area contributed by atoms with Crippen molar-refractivity contribution in [2.75, 3.05) is 18.1 Å². The largest absolute Gasteiger partial charge is 0.598 e. The van der Waals surface area contributed by atoms with E-state index in [1.54, 1.807) is 0 Å². The Kier molecular flexibility index (Phi) is 5.03. The van der Waals surface area contributed by atoms with Gasteiger partial charge in [0.25, 0.3) is 0 Å². The molecule has 8 heavy (non-hydrogen) atoms. The van der Waals surface area contributed by atoms with Gasteiger partial charge < -0.3 is 10.0 Å². The lowest BCUT2D eigenvalue weighted by Crippen LogP contribution is -1.94. The molecule has 0 rings (SSSR count). The second kappa shape index (κ2) is 5.07. The number of hydrogen-bond acceptors (Lipinski definition) is 3. The van der Waals surface area contributed by atoms with E-state index in [4.69, 9.17) is 0 Å². The van der Waals surface area contributed by atoms with E-state index in [0.717, 1.165) is 4.43 Å². The van der Waals surface area contributed by atoms with Crippen LogP contribution in [0, 0.1) is 5.21 Å². The average Bonchev–Trinajstić information content (AvgIpc) is 1.66. The quantitative estimate of drug-likeness (QED) is 0.181. The van der Waals surface area contributed by atoms with Gasteiger partial charge in [0.1, 0.15) is 6.61 Å². The lowest BCUT2D eigenvalue weighted by Gasteiger charge is -1.90. The van der Waals surface area contributed by atoms with Crippen LogP contribution in [0.25, 0.3) is 0 Å². The van der Waals surface area contributed by atoms with Crippen LogP contribution in [-0.4, -0.2) is 22.9 Å². The van der Waals surface area contributed by atoms with Crippen LogP contribution < -0.4 is 0 Å². The van der Waals surface area contributed by atoms with E-state index in [1.807, 2.05) is 0 Å². The molecule has 0 bridgehead atoms. The summed E-state index contributed by atoms with van der Waals surface area (Å²) in [7, 11) is 1.27. The Morgan fingerprint density at radius 1 is 1.88 bits per heavy atom. The van der Waals surface area contributed by atoms with Crippen molar-refractivity contribution in [3.05, 3.63) is 5.21 Å². The molecule has 0 saturated heterocycles. The molecule has 4 nitrogen and oxygen atoms in total. The zero-order valence-electron chi connectivity index (χ0n) is 4.50. The van der Waals surface area contributed by atoms with Gasteiger partial charge >= 0.3 is 0 Å². The molecule has 0 saturated carbocycles. The van der Waals surface area contributed by atoms with Gasteiger partial charge in [-0.2, -0.15) is 0 Å². The van der Waals surface area contributed by atoms with Gasteiger partial charge in [-0.3, -0.25) is 0 Å². The van der Waals surface area contributed by atoms with Crippen LogP contribution in [-0.2, 0) is 4.84 Å². The Hall–Kier alpha value is -0.0700. The van der Waals surface area contributed by atoms with Gasteiger partial charge in [0.05, 0.1) is 0 Å². The molecule has 0 unspecified atom stereocenters. The predicted octanol–water partition coefficient (Wildman–Crippen LogP) is 0.945. The summed E-state index contributed by atoms with van der Waals surface area (Å²) in [6, 6.07) is 0. The Labute approximate surface area is 61.2 Å². The summed E-state index contributed by atoms with van der Waals surface area (Å²) in [5, 5.41) is 13.0. The molecule has 0 spiro atoms. The summed E-state index contributed by atoms with van der Waals surface area (Å²) < 4.78 is 0.842. The average molecular weight is 230 g/mol. The summed E-state index contributed by atoms with van der Waals surface area (Å²) in [5.74, 6) is 0. The molecule has 0 amide bonds. The van der Waals surface area contributed by atoms with E-state index < -0.39 is 0 Å². The van der Waals surface area contributed by atoms with E-state index in [1.165, 1.54) is 7.05 Å². The molecular formula is C3H7IN2O2. The highest BCUT2D eigenvalue weighted by molar-refractivity contribution is 14.1. The van der Waals surface area contributed by atoms with E-state index in [2.05, 4.69) is 32.7 Å². The van der Waals surface area contributed by atoms with Crippen molar-refractivity contribution in [3.8, 4) is 0 Å². The van der Waals surface area contributed by atoms with Crippen molar-refractivity contribution in [2.24, 2.45) is 5.28 Å². The van der Waals surface area contributed by atoms with Crippen molar-refractivity contribution in [1.29, 1.82) is 0 Å². The first-order valence-electron chi connectivity index (χ1n) is 2.07. The fourth-order valence-electron chi connectivity index (χ4n) is 0.157. The third kappa shape index (κ3) is 5.93. The maximum atomic E-state index is 9.94. The zero-order valence-corrected chi connectivity index (χ0v) is 6.66. The van der Waals surface area contributed by atoms with Gasteiger partial charge in [-0.25, -0.2) is 0 Å². The second-order valence-corrected chi connectivity index (χ2v) is 2.15.